The van der Waals surface area contributed by atoms with Crippen LogP contribution in [0.2, 0.25) is 0 Å². The highest BCUT2D eigenvalue weighted by Gasteiger charge is 2.13. The summed E-state index contributed by atoms with van der Waals surface area (Å²) in [7, 11) is -3.27. The van der Waals surface area contributed by atoms with Crippen molar-refractivity contribution in [1.29, 1.82) is 0 Å². The lowest BCUT2D eigenvalue weighted by molar-refractivity contribution is 0.383. The third-order valence-corrected chi connectivity index (χ3v) is 4.57. The first-order valence-electron chi connectivity index (χ1n) is 5.94. The van der Waals surface area contributed by atoms with Crippen molar-refractivity contribution in [1.82, 2.24) is 0 Å². The van der Waals surface area contributed by atoms with E-state index >= 15 is 0 Å². The summed E-state index contributed by atoms with van der Waals surface area (Å²) >= 11 is 1.41. The Kier molecular flexibility index (Phi) is 4.06. The van der Waals surface area contributed by atoms with Crippen molar-refractivity contribution in [3.63, 3.8) is 0 Å². The first kappa shape index (κ1) is 14.2. The van der Waals surface area contributed by atoms with Crippen LogP contribution < -0.4 is 0 Å². The summed E-state index contributed by atoms with van der Waals surface area (Å²) in [5.41, 5.74) is 1.28. The largest absolute Gasteiger partial charge is 0.438 e. The molecule has 1 aromatic heterocycles. The number of rotatable bonds is 4. The fourth-order valence-electron chi connectivity index (χ4n) is 1.59. The lowest BCUT2D eigenvalue weighted by atomic mass is 10.0. The fourth-order valence-corrected chi connectivity index (χ4v) is 2.98. The zero-order valence-corrected chi connectivity index (χ0v) is 12.7. The third-order valence-electron chi connectivity index (χ3n) is 2.69. The molecule has 0 bridgehead atoms. The molecule has 0 atom stereocenters. The predicted molar refractivity (Wildman–Crippen MR) is 76.5 cm³/mol. The van der Waals surface area contributed by atoms with Crippen LogP contribution in [-0.2, 0) is 9.84 Å². The third kappa shape index (κ3) is 3.64. The van der Waals surface area contributed by atoms with Crippen LogP contribution in [0.4, 0.5) is 0 Å². The fraction of sp³-hybridized carbons (Fsp3) is 0.286. The van der Waals surface area contributed by atoms with E-state index in [4.69, 9.17) is 4.42 Å². The maximum atomic E-state index is 11.3. The molecule has 102 valence electrons. The molecule has 0 aliphatic carbocycles. The number of benzene rings is 1. The van der Waals surface area contributed by atoms with Gasteiger partial charge in [0.2, 0.25) is 14.9 Å². The van der Waals surface area contributed by atoms with E-state index in [1.165, 1.54) is 23.4 Å². The minimum absolute atomic E-state index is 0.00815. The molecule has 0 saturated carbocycles. The molecule has 2 aromatic rings. The Morgan fingerprint density at radius 2 is 1.68 bits per heavy atom. The molecule has 0 radical (unpaired) electrons. The van der Waals surface area contributed by atoms with Crippen LogP contribution in [0.1, 0.15) is 25.3 Å². The van der Waals surface area contributed by atoms with Crippen molar-refractivity contribution in [2.45, 2.75) is 34.8 Å². The standard InChI is InChI=1S/C14H16O3S2/c1-10(2)11-4-6-12(7-5-11)18-13-8-9-14(17-13)19(3,15)16/h4-10H,1-3H3. The second kappa shape index (κ2) is 5.43. The molecule has 0 aliphatic heterocycles. The van der Waals surface area contributed by atoms with E-state index in [0.29, 0.717) is 11.0 Å². The first-order valence-corrected chi connectivity index (χ1v) is 8.65. The van der Waals surface area contributed by atoms with Crippen LogP contribution in [-0.4, -0.2) is 14.7 Å². The monoisotopic (exact) mass is 296 g/mol. The molecule has 0 unspecified atom stereocenters. The van der Waals surface area contributed by atoms with Gasteiger partial charge in [-0.25, -0.2) is 8.42 Å². The SMILES string of the molecule is CC(C)c1ccc(Sc2ccc(S(C)(=O)=O)o2)cc1. The minimum Gasteiger partial charge on any atom is -0.438 e. The van der Waals surface area contributed by atoms with Gasteiger partial charge < -0.3 is 4.42 Å². The van der Waals surface area contributed by atoms with Gasteiger partial charge in [0, 0.05) is 11.2 Å². The van der Waals surface area contributed by atoms with Gasteiger partial charge in [-0.2, -0.15) is 0 Å². The zero-order chi connectivity index (χ0) is 14.0. The van der Waals surface area contributed by atoms with Crippen molar-refractivity contribution in [3.05, 3.63) is 42.0 Å². The van der Waals surface area contributed by atoms with Crippen molar-refractivity contribution in [2.24, 2.45) is 0 Å². The van der Waals surface area contributed by atoms with Gasteiger partial charge >= 0.3 is 0 Å². The van der Waals surface area contributed by atoms with Crippen LogP contribution in [0.3, 0.4) is 0 Å². The molecule has 0 aliphatic rings. The van der Waals surface area contributed by atoms with E-state index in [9.17, 15) is 8.42 Å². The molecule has 0 spiro atoms. The summed E-state index contributed by atoms with van der Waals surface area (Å²) in [6.07, 6.45) is 1.14. The van der Waals surface area contributed by atoms with Crippen LogP contribution in [0.25, 0.3) is 0 Å². The van der Waals surface area contributed by atoms with E-state index in [-0.39, 0.29) is 5.09 Å². The van der Waals surface area contributed by atoms with Crippen LogP contribution in [0.15, 0.2) is 55.9 Å². The summed E-state index contributed by atoms with van der Waals surface area (Å²) in [6.45, 7) is 4.29. The Morgan fingerprint density at radius 1 is 1.05 bits per heavy atom. The molecule has 0 amide bonds. The Labute approximate surface area is 117 Å². The van der Waals surface area contributed by atoms with Gasteiger partial charge in [0.15, 0.2) is 5.09 Å². The van der Waals surface area contributed by atoms with Gasteiger partial charge in [-0.1, -0.05) is 37.7 Å². The molecular weight excluding hydrogens is 280 g/mol. The van der Waals surface area contributed by atoms with Crippen molar-refractivity contribution in [2.75, 3.05) is 6.26 Å². The zero-order valence-electron chi connectivity index (χ0n) is 11.1. The van der Waals surface area contributed by atoms with Crippen LogP contribution >= 0.6 is 11.8 Å². The normalized spacial score (nSPS) is 12.0. The number of hydrogen-bond acceptors (Lipinski definition) is 4. The highest BCUT2D eigenvalue weighted by atomic mass is 32.2. The van der Waals surface area contributed by atoms with E-state index < -0.39 is 9.84 Å². The Morgan fingerprint density at radius 3 is 2.16 bits per heavy atom. The van der Waals surface area contributed by atoms with E-state index in [0.717, 1.165) is 11.2 Å². The summed E-state index contributed by atoms with van der Waals surface area (Å²) in [5.74, 6) is 0.500. The molecule has 1 aromatic carbocycles. The van der Waals surface area contributed by atoms with Crippen molar-refractivity contribution < 1.29 is 12.8 Å². The molecule has 0 saturated heterocycles. The van der Waals surface area contributed by atoms with E-state index in [1.54, 1.807) is 6.07 Å². The summed E-state index contributed by atoms with van der Waals surface area (Å²) in [5, 5.41) is 0.589. The highest BCUT2D eigenvalue weighted by Crippen LogP contribution is 2.31. The van der Waals surface area contributed by atoms with Gasteiger partial charge in [0.25, 0.3) is 0 Å². The molecule has 1 heterocycles. The Bertz CT molecular complexity index is 652. The van der Waals surface area contributed by atoms with Gasteiger partial charge in [0.05, 0.1) is 0 Å². The molecule has 19 heavy (non-hydrogen) atoms. The van der Waals surface area contributed by atoms with Crippen LogP contribution in [0, 0.1) is 0 Å². The Balaban J connectivity index is 2.15. The second-order valence-electron chi connectivity index (χ2n) is 4.67. The maximum Gasteiger partial charge on any atom is 0.219 e. The first-order chi connectivity index (χ1) is 8.86. The number of sulfone groups is 1. The van der Waals surface area contributed by atoms with Crippen LogP contribution in [0.5, 0.6) is 0 Å². The van der Waals surface area contributed by atoms with E-state index in [1.807, 2.05) is 12.1 Å². The maximum absolute atomic E-state index is 11.3. The summed E-state index contributed by atoms with van der Waals surface area (Å²) in [4.78, 5) is 1.03. The topological polar surface area (TPSA) is 47.3 Å². The lowest BCUT2D eigenvalue weighted by Crippen LogP contribution is -1.93. The molecule has 0 N–H and O–H groups in total. The van der Waals surface area contributed by atoms with Gasteiger partial charge in [-0.3, -0.25) is 0 Å². The smallest absolute Gasteiger partial charge is 0.219 e. The predicted octanol–water partition coefficient (Wildman–Crippen LogP) is 3.96. The van der Waals surface area contributed by atoms with Gasteiger partial charge in [-0.15, -0.1) is 0 Å². The quantitative estimate of drug-likeness (QED) is 0.857. The van der Waals surface area contributed by atoms with Crippen molar-refractivity contribution >= 4 is 21.6 Å². The minimum atomic E-state index is -3.27. The number of hydrogen-bond donors (Lipinski definition) is 0. The molecule has 5 heteroatoms. The number of furan rings is 1. The average Bonchev–Trinajstić information content (AvgIpc) is 2.78. The Hall–Kier alpha value is -1.20. The van der Waals surface area contributed by atoms with Gasteiger partial charge in [0.1, 0.15) is 0 Å². The average molecular weight is 296 g/mol. The van der Waals surface area contributed by atoms with E-state index in [2.05, 4.69) is 26.0 Å². The highest BCUT2D eigenvalue weighted by molar-refractivity contribution is 7.99. The molecular formula is C14H16O3S2. The molecule has 2 rings (SSSR count). The lowest BCUT2D eigenvalue weighted by Gasteiger charge is -2.05. The van der Waals surface area contributed by atoms with Crippen molar-refractivity contribution in [3.8, 4) is 0 Å². The van der Waals surface area contributed by atoms with Gasteiger partial charge in [-0.05, 0) is 35.7 Å². The summed E-state index contributed by atoms with van der Waals surface area (Å²) < 4.78 is 27.9. The molecule has 0 fully saturated rings. The summed E-state index contributed by atoms with van der Waals surface area (Å²) in [6, 6.07) is 11.4. The molecule has 3 nitrogen and oxygen atoms in total. The second-order valence-corrected chi connectivity index (χ2v) is 7.70.